The van der Waals surface area contributed by atoms with Crippen molar-refractivity contribution in [2.75, 3.05) is 13.2 Å². The van der Waals surface area contributed by atoms with Gasteiger partial charge in [-0.1, -0.05) is 20.3 Å². The summed E-state index contributed by atoms with van der Waals surface area (Å²) in [7, 11) is 0. The Morgan fingerprint density at radius 2 is 2.00 bits per heavy atom. The van der Waals surface area contributed by atoms with Crippen molar-refractivity contribution < 1.29 is 19.4 Å². The predicted molar refractivity (Wildman–Crippen MR) is 66.4 cm³/mol. The van der Waals surface area contributed by atoms with Crippen LogP contribution < -0.4 is 10.6 Å². The zero-order chi connectivity index (χ0) is 13.5. The Morgan fingerprint density at radius 1 is 1.39 bits per heavy atom. The average molecular weight is 258 g/mol. The van der Waals surface area contributed by atoms with Crippen LogP contribution in [0.4, 0.5) is 4.79 Å². The molecular formula is C12H22N2O4. The van der Waals surface area contributed by atoms with Gasteiger partial charge in [0.05, 0.1) is 0 Å². The van der Waals surface area contributed by atoms with Crippen LogP contribution in [0.2, 0.25) is 0 Å². The molecule has 0 aliphatic carbocycles. The van der Waals surface area contributed by atoms with Crippen molar-refractivity contribution in [1.82, 2.24) is 10.6 Å². The van der Waals surface area contributed by atoms with Crippen molar-refractivity contribution in [3.05, 3.63) is 0 Å². The number of hydrogen-bond acceptors (Lipinski definition) is 3. The van der Waals surface area contributed by atoms with E-state index in [1.165, 1.54) is 0 Å². The second-order valence-electron chi connectivity index (χ2n) is 4.71. The van der Waals surface area contributed by atoms with Crippen molar-refractivity contribution in [1.29, 1.82) is 0 Å². The minimum Gasteiger partial charge on any atom is -0.480 e. The number of ether oxygens (including phenoxy) is 1. The van der Waals surface area contributed by atoms with Gasteiger partial charge < -0.3 is 20.5 Å². The number of aliphatic carboxylic acids is 1. The second-order valence-corrected chi connectivity index (χ2v) is 4.71. The molecule has 3 N–H and O–H groups in total. The molecule has 1 rings (SSSR count). The van der Waals surface area contributed by atoms with E-state index >= 15 is 0 Å². The molecule has 0 radical (unpaired) electrons. The largest absolute Gasteiger partial charge is 0.480 e. The Morgan fingerprint density at radius 3 is 2.50 bits per heavy atom. The molecule has 18 heavy (non-hydrogen) atoms. The van der Waals surface area contributed by atoms with Gasteiger partial charge in [0.15, 0.2) is 0 Å². The molecule has 0 bridgehead atoms. The van der Waals surface area contributed by atoms with Gasteiger partial charge in [-0.25, -0.2) is 9.59 Å². The molecule has 1 saturated heterocycles. The lowest BCUT2D eigenvalue weighted by molar-refractivity contribution is -0.140. The normalized spacial score (nSPS) is 19.9. The summed E-state index contributed by atoms with van der Waals surface area (Å²) >= 11 is 0. The quantitative estimate of drug-likeness (QED) is 0.685. The highest BCUT2D eigenvalue weighted by atomic mass is 16.5. The van der Waals surface area contributed by atoms with E-state index in [4.69, 9.17) is 9.84 Å². The number of carbonyl (C=O) groups is 2. The third-order valence-corrected chi connectivity index (χ3v) is 3.32. The summed E-state index contributed by atoms with van der Waals surface area (Å²) in [6, 6.07) is -1.17. The molecule has 1 aliphatic rings. The Kier molecular flexibility index (Phi) is 5.91. The van der Waals surface area contributed by atoms with Crippen LogP contribution in [0, 0.1) is 5.92 Å². The SMILES string of the molecule is CCC(C)[C@H](NC(=O)NC1CCOCC1)C(=O)O. The molecule has 0 saturated carbocycles. The van der Waals surface area contributed by atoms with E-state index in [2.05, 4.69) is 10.6 Å². The van der Waals surface area contributed by atoms with Crippen molar-refractivity contribution >= 4 is 12.0 Å². The lowest BCUT2D eigenvalue weighted by Crippen LogP contribution is -2.52. The van der Waals surface area contributed by atoms with E-state index < -0.39 is 18.0 Å². The summed E-state index contributed by atoms with van der Waals surface area (Å²) in [5, 5.41) is 14.4. The molecule has 1 unspecified atom stereocenters. The summed E-state index contributed by atoms with van der Waals surface area (Å²) in [5.74, 6) is -1.09. The zero-order valence-corrected chi connectivity index (χ0v) is 10.9. The second kappa shape index (κ2) is 7.20. The monoisotopic (exact) mass is 258 g/mol. The van der Waals surface area contributed by atoms with Crippen LogP contribution in [0.5, 0.6) is 0 Å². The van der Waals surface area contributed by atoms with Crippen LogP contribution in [0.25, 0.3) is 0 Å². The highest BCUT2D eigenvalue weighted by molar-refractivity contribution is 5.82. The van der Waals surface area contributed by atoms with Gasteiger partial charge >= 0.3 is 12.0 Å². The van der Waals surface area contributed by atoms with Gasteiger partial charge in [0.25, 0.3) is 0 Å². The van der Waals surface area contributed by atoms with Gasteiger partial charge in [0.1, 0.15) is 6.04 Å². The standard InChI is InChI=1S/C12H22N2O4/c1-3-8(2)10(11(15)16)14-12(17)13-9-4-6-18-7-5-9/h8-10H,3-7H2,1-2H3,(H,15,16)(H2,13,14,17)/t8?,10-/m0/s1. The highest BCUT2D eigenvalue weighted by Gasteiger charge is 2.26. The maximum absolute atomic E-state index is 11.7. The minimum absolute atomic E-state index is 0.0742. The fourth-order valence-corrected chi connectivity index (χ4v) is 1.89. The van der Waals surface area contributed by atoms with Gasteiger partial charge in [-0.3, -0.25) is 0 Å². The van der Waals surface area contributed by atoms with E-state index in [1.807, 2.05) is 13.8 Å². The fraction of sp³-hybridized carbons (Fsp3) is 0.833. The molecule has 0 aromatic carbocycles. The summed E-state index contributed by atoms with van der Waals surface area (Å²) in [6.07, 6.45) is 2.25. The molecule has 1 fully saturated rings. The first-order chi connectivity index (χ1) is 8.54. The fourth-order valence-electron chi connectivity index (χ4n) is 1.89. The van der Waals surface area contributed by atoms with Gasteiger partial charge in [-0.2, -0.15) is 0 Å². The number of urea groups is 1. The van der Waals surface area contributed by atoms with Gasteiger partial charge in [-0.05, 0) is 18.8 Å². The summed E-state index contributed by atoms with van der Waals surface area (Å²) in [5.41, 5.74) is 0. The van der Waals surface area contributed by atoms with Crippen LogP contribution in [-0.4, -0.2) is 42.4 Å². The Hall–Kier alpha value is -1.30. The van der Waals surface area contributed by atoms with Crippen molar-refractivity contribution in [2.24, 2.45) is 5.92 Å². The number of amides is 2. The van der Waals surface area contributed by atoms with Crippen LogP contribution in [0.3, 0.4) is 0 Å². The van der Waals surface area contributed by atoms with E-state index in [9.17, 15) is 9.59 Å². The first kappa shape index (κ1) is 14.8. The summed E-state index contributed by atoms with van der Waals surface area (Å²) < 4.78 is 5.19. The van der Waals surface area contributed by atoms with E-state index in [0.29, 0.717) is 19.6 Å². The smallest absolute Gasteiger partial charge is 0.326 e. The van der Waals surface area contributed by atoms with E-state index in [0.717, 1.165) is 12.8 Å². The molecular weight excluding hydrogens is 236 g/mol. The van der Waals surface area contributed by atoms with Gasteiger partial charge in [-0.15, -0.1) is 0 Å². The van der Waals surface area contributed by atoms with Gasteiger partial charge in [0, 0.05) is 19.3 Å². The van der Waals surface area contributed by atoms with Crippen LogP contribution in [0.15, 0.2) is 0 Å². The molecule has 6 heteroatoms. The molecule has 2 amide bonds. The number of carboxylic acid groups (broad SMARTS) is 1. The summed E-state index contributed by atoms with van der Waals surface area (Å²) in [6.45, 7) is 4.99. The minimum atomic E-state index is -0.994. The average Bonchev–Trinajstić information content (AvgIpc) is 2.36. The molecule has 0 aromatic rings. The Bertz CT molecular complexity index is 290. The van der Waals surface area contributed by atoms with Crippen LogP contribution in [-0.2, 0) is 9.53 Å². The van der Waals surface area contributed by atoms with E-state index in [-0.39, 0.29) is 12.0 Å². The number of nitrogens with one attached hydrogen (secondary N) is 2. The molecule has 104 valence electrons. The number of rotatable bonds is 5. The third-order valence-electron chi connectivity index (χ3n) is 3.32. The van der Waals surface area contributed by atoms with Crippen molar-refractivity contribution in [2.45, 2.75) is 45.2 Å². The molecule has 0 spiro atoms. The highest BCUT2D eigenvalue weighted by Crippen LogP contribution is 2.09. The molecule has 2 atom stereocenters. The third kappa shape index (κ3) is 4.52. The maximum atomic E-state index is 11.7. The molecule has 0 aromatic heterocycles. The van der Waals surface area contributed by atoms with Crippen LogP contribution >= 0.6 is 0 Å². The van der Waals surface area contributed by atoms with Gasteiger partial charge in [0.2, 0.25) is 0 Å². The summed E-state index contributed by atoms with van der Waals surface area (Å²) in [4.78, 5) is 22.8. The predicted octanol–water partition coefficient (Wildman–Crippen LogP) is 0.964. The molecule has 1 heterocycles. The first-order valence-electron chi connectivity index (χ1n) is 6.42. The topological polar surface area (TPSA) is 87.7 Å². The number of hydrogen-bond donors (Lipinski definition) is 3. The lowest BCUT2D eigenvalue weighted by atomic mass is 9.99. The Labute approximate surface area is 107 Å². The van der Waals surface area contributed by atoms with E-state index in [1.54, 1.807) is 0 Å². The van der Waals surface area contributed by atoms with Crippen molar-refractivity contribution in [3.8, 4) is 0 Å². The zero-order valence-electron chi connectivity index (χ0n) is 10.9. The lowest BCUT2D eigenvalue weighted by Gasteiger charge is -2.25. The van der Waals surface area contributed by atoms with Crippen molar-refractivity contribution in [3.63, 3.8) is 0 Å². The first-order valence-corrected chi connectivity index (χ1v) is 6.42. The molecule has 1 aliphatic heterocycles. The molecule has 6 nitrogen and oxygen atoms in total. The van der Waals surface area contributed by atoms with Crippen LogP contribution in [0.1, 0.15) is 33.1 Å². The maximum Gasteiger partial charge on any atom is 0.326 e. The number of carbonyl (C=O) groups excluding carboxylic acids is 1. The number of carboxylic acids is 1. The Balaban J connectivity index is 2.42.